The zero-order valence-electron chi connectivity index (χ0n) is 12.2. The lowest BCUT2D eigenvalue weighted by Crippen LogP contribution is -2.14. The standard InChI is InChI=1S/C16H8F6N2O/c17-15(18,19)10-7-4-8-11(16(20,21)22)12(10)14-24-23-13(25-14)9-5-2-1-3-6-9/h1-8H. The van der Waals surface area contributed by atoms with Crippen LogP contribution in [0, 0.1) is 0 Å². The van der Waals surface area contributed by atoms with Crippen LogP contribution in [0.1, 0.15) is 11.1 Å². The fourth-order valence-electron chi connectivity index (χ4n) is 2.28. The van der Waals surface area contributed by atoms with Crippen molar-refractivity contribution >= 4 is 0 Å². The van der Waals surface area contributed by atoms with Crippen molar-refractivity contribution < 1.29 is 30.8 Å². The van der Waals surface area contributed by atoms with E-state index in [-0.39, 0.29) is 5.89 Å². The van der Waals surface area contributed by atoms with Crippen LogP contribution in [0.3, 0.4) is 0 Å². The Morgan fingerprint density at radius 1 is 0.640 bits per heavy atom. The van der Waals surface area contributed by atoms with Gasteiger partial charge in [-0.3, -0.25) is 0 Å². The molecular formula is C16H8F6N2O. The molecule has 3 nitrogen and oxygen atoms in total. The lowest BCUT2D eigenvalue weighted by molar-refractivity contribution is -0.142. The SMILES string of the molecule is FC(F)(F)c1cccc(C(F)(F)F)c1-c1nnc(-c2ccccc2)o1. The predicted octanol–water partition coefficient (Wildman–Crippen LogP) is 5.44. The van der Waals surface area contributed by atoms with E-state index in [9.17, 15) is 26.3 Å². The molecule has 0 bridgehead atoms. The van der Waals surface area contributed by atoms with Gasteiger partial charge in [-0.25, -0.2) is 0 Å². The number of aromatic nitrogens is 2. The quantitative estimate of drug-likeness (QED) is 0.573. The van der Waals surface area contributed by atoms with Gasteiger partial charge in [0.2, 0.25) is 11.8 Å². The molecule has 0 N–H and O–H groups in total. The van der Waals surface area contributed by atoms with Crippen molar-refractivity contribution in [3.8, 4) is 22.9 Å². The Morgan fingerprint density at radius 2 is 1.16 bits per heavy atom. The minimum atomic E-state index is -5.02. The molecule has 0 atom stereocenters. The highest BCUT2D eigenvalue weighted by Gasteiger charge is 2.42. The topological polar surface area (TPSA) is 38.9 Å². The lowest BCUT2D eigenvalue weighted by Gasteiger charge is -2.16. The molecule has 0 fully saturated rings. The molecule has 0 saturated heterocycles. The van der Waals surface area contributed by atoms with Gasteiger partial charge in [0.25, 0.3) is 0 Å². The van der Waals surface area contributed by atoms with E-state index in [0.717, 1.165) is 0 Å². The molecule has 9 heteroatoms. The first kappa shape index (κ1) is 17.0. The highest BCUT2D eigenvalue weighted by atomic mass is 19.4. The van der Waals surface area contributed by atoms with Crippen LogP contribution in [0.25, 0.3) is 22.9 Å². The summed E-state index contributed by atoms with van der Waals surface area (Å²) in [7, 11) is 0. The van der Waals surface area contributed by atoms with Gasteiger partial charge in [0.05, 0.1) is 16.7 Å². The molecule has 2 aromatic carbocycles. The smallest absolute Gasteiger partial charge is 0.416 e. The molecule has 0 unspecified atom stereocenters. The first-order chi connectivity index (χ1) is 11.7. The number of nitrogens with zero attached hydrogens (tertiary/aromatic N) is 2. The van der Waals surface area contributed by atoms with Gasteiger partial charge in [0, 0.05) is 5.56 Å². The molecule has 0 saturated carbocycles. The molecule has 25 heavy (non-hydrogen) atoms. The van der Waals surface area contributed by atoms with Gasteiger partial charge < -0.3 is 4.42 Å². The highest BCUT2D eigenvalue weighted by Crippen LogP contribution is 2.44. The van der Waals surface area contributed by atoms with Gasteiger partial charge in [-0.15, -0.1) is 10.2 Å². The average Bonchev–Trinajstić information content (AvgIpc) is 3.03. The molecule has 0 aliphatic rings. The second kappa shape index (κ2) is 5.91. The number of alkyl halides is 6. The summed E-state index contributed by atoms with van der Waals surface area (Å²) in [6, 6.07) is 9.75. The van der Waals surface area contributed by atoms with Crippen molar-refractivity contribution in [3.63, 3.8) is 0 Å². The number of rotatable bonds is 2. The van der Waals surface area contributed by atoms with E-state index in [2.05, 4.69) is 10.2 Å². The Labute approximate surface area is 136 Å². The molecular weight excluding hydrogens is 350 g/mol. The van der Waals surface area contributed by atoms with Gasteiger partial charge in [-0.2, -0.15) is 26.3 Å². The van der Waals surface area contributed by atoms with Crippen LogP contribution in [-0.2, 0) is 12.4 Å². The molecule has 3 rings (SSSR count). The normalized spacial score (nSPS) is 12.4. The van der Waals surface area contributed by atoms with Crippen LogP contribution in [-0.4, -0.2) is 10.2 Å². The minimum Gasteiger partial charge on any atom is -0.416 e. The Balaban J connectivity index is 2.21. The van der Waals surface area contributed by atoms with E-state index in [4.69, 9.17) is 4.42 Å². The second-order valence-corrected chi connectivity index (χ2v) is 5.00. The summed E-state index contributed by atoms with van der Waals surface area (Å²) < 4.78 is 84.2. The minimum absolute atomic E-state index is 0.180. The number of hydrogen-bond acceptors (Lipinski definition) is 3. The molecule has 0 amide bonds. The molecule has 0 aliphatic carbocycles. The maximum Gasteiger partial charge on any atom is 0.417 e. The summed E-state index contributed by atoms with van der Waals surface area (Å²) in [6.45, 7) is 0. The largest absolute Gasteiger partial charge is 0.417 e. The van der Waals surface area contributed by atoms with Crippen molar-refractivity contribution in [2.45, 2.75) is 12.4 Å². The summed E-state index contributed by atoms with van der Waals surface area (Å²) in [5, 5.41) is 6.95. The summed E-state index contributed by atoms with van der Waals surface area (Å²) in [6.07, 6.45) is -10.0. The van der Waals surface area contributed by atoms with Crippen LogP contribution in [0.2, 0.25) is 0 Å². The molecule has 1 heterocycles. The molecule has 130 valence electrons. The van der Waals surface area contributed by atoms with Crippen LogP contribution in [0.15, 0.2) is 52.9 Å². The predicted molar refractivity (Wildman–Crippen MR) is 75.2 cm³/mol. The maximum atomic E-state index is 13.2. The van der Waals surface area contributed by atoms with Crippen molar-refractivity contribution in [1.29, 1.82) is 0 Å². The van der Waals surface area contributed by atoms with Crippen LogP contribution in [0.4, 0.5) is 26.3 Å². The summed E-state index contributed by atoms with van der Waals surface area (Å²) in [5.74, 6) is -1.03. The van der Waals surface area contributed by atoms with E-state index in [1.54, 1.807) is 18.2 Å². The third-order valence-corrected chi connectivity index (χ3v) is 3.33. The van der Waals surface area contributed by atoms with E-state index in [1.807, 2.05) is 0 Å². The van der Waals surface area contributed by atoms with Crippen molar-refractivity contribution in [1.82, 2.24) is 10.2 Å². The van der Waals surface area contributed by atoms with E-state index < -0.39 is 34.9 Å². The van der Waals surface area contributed by atoms with Gasteiger partial charge in [-0.1, -0.05) is 24.3 Å². The fourth-order valence-corrected chi connectivity index (χ4v) is 2.28. The van der Waals surface area contributed by atoms with Gasteiger partial charge >= 0.3 is 12.4 Å². The van der Waals surface area contributed by atoms with Gasteiger partial charge in [0.1, 0.15) is 0 Å². The van der Waals surface area contributed by atoms with Crippen molar-refractivity contribution in [2.75, 3.05) is 0 Å². The summed E-state index contributed by atoms with van der Waals surface area (Å²) >= 11 is 0. The van der Waals surface area contributed by atoms with Crippen molar-refractivity contribution in [3.05, 3.63) is 59.7 Å². The van der Waals surface area contributed by atoms with E-state index >= 15 is 0 Å². The Hall–Kier alpha value is -2.84. The second-order valence-electron chi connectivity index (χ2n) is 5.00. The monoisotopic (exact) mass is 358 g/mol. The number of hydrogen-bond donors (Lipinski definition) is 0. The fraction of sp³-hybridized carbons (Fsp3) is 0.125. The highest BCUT2D eigenvalue weighted by molar-refractivity contribution is 5.66. The third-order valence-electron chi connectivity index (χ3n) is 3.33. The summed E-state index contributed by atoms with van der Waals surface area (Å²) in [4.78, 5) is 0. The maximum absolute atomic E-state index is 13.2. The van der Waals surface area contributed by atoms with Crippen LogP contribution < -0.4 is 0 Å². The Bertz CT molecular complexity index is 851. The van der Waals surface area contributed by atoms with E-state index in [0.29, 0.717) is 23.8 Å². The number of halogens is 6. The molecule has 0 radical (unpaired) electrons. The van der Waals surface area contributed by atoms with Gasteiger partial charge in [0.15, 0.2) is 0 Å². The van der Waals surface area contributed by atoms with Crippen molar-refractivity contribution in [2.24, 2.45) is 0 Å². The van der Waals surface area contributed by atoms with Gasteiger partial charge in [-0.05, 0) is 24.3 Å². The Kier molecular flexibility index (Phi) is 4.02. The average molecular weight is 358 g/mol. The van der Waals surface area contributed by atoms with Crippen LogP contribution in [0.5, 0.6) is 0 Å². The first-order valence-corrected chi connectivity index (χ1v) is 6.84. The molecule has 1 aromatic heterocycles. The van der Waals surface area contributed by atoms with E-state index in [1.165, 1.54) is 12.1 Å². The Morgan fingerprint density at radius 3 is 1.68 bits per heavy atom. The molecule has 0 aliphatic heterocycles. The van der Waals surface area contributed by atoms with Crippen LogP contribution >= 0.6 is 0 Å². The zero-order chi connectivity index (χ0) is 18.2. The first-order valence-electron chi connectivity index (χ1n) is 6.84. The molecule has 3 aromatic rings. The lowest BCUT2D eigenvalue weighted by atomic mass is 10.00. The number of benzene rings is 2. The third kappa shape index (κ3) is 3.35. The zero-order valence-corrected chi connectivity index (χ0v) is 12.2. The summed E-state index contributed by atoms with van der Waals surface area (Å²) in [5.41, 5.74) is -3.80. The molecule has 0 spiro atoms.